The molecule has 0 atom stereocenters. The maximum atomic E-state index is 11.7. The Hall–Kier alpha value is -2.04. The summed E-state index contributed by atoms with van der Waals surface area (Å²) in [4.78, 5) is 23.2. The smallest absolute Gasteiger partial charge is 0.341 e. The molecule has 0 aliphatic rings. The van der Waals surface area contributed by atoms with Gasteiger partial charge in [-0.05, 0) is 39.0 Å². The number of ether oxygens (including phenoxy) is 2. The number of carbonyl (C=O) groups excluding carboxylic acids is 2. The molecule has 0 aliphatic heterocycles. The molecular weight excluding hydrogens is 236 g/mol. The zero-order valence-electron chi connectivity index (χ0n) is 10.8. The summed E-state index contributed by atoms with van der Waals surface area (Å²) in [5.41, 5.74) is -0.680. The summed E-state index contributed by atoms with van der Waals surface area (Å²) in [5.74, 6) is -1.19. The largest absolute Gasteiger partial charge is 0.508 e. The molecule has 0 bridgehead atoms. The van der Waals surface area contributed by atoms with Crippen molar-refractivity contribution in [3.63, 3.8) is 0 Å². The molecule has 98 valence electrons. The Morgan fingerprint density at radius 1 is 1.22 bits per heavy atom. The molecule has 0 aliphatic carbocycles. The molecule has 0 radical (unpaired) electrons. The minimum absolute atomic E-state index is 0.00935. The molecule has 1 rings (SSSR count). The standard InChI is InChI=1S/C13H16O5/c1-13(2,3)12(16)18-10-6-5-8(14)7-9(10)11(15)17-4/h5-7,14H,1-4H3. The Morgan fingerprint density at radius 3 is 2.33 bits per heavy atom. The van der Waals surface area contributed by atoms with Crippen LogP contribution >= 0.6 is 0 Å². The van der Waals surface area contributed by atoms with E-state index >= 15 is 0 Å². The van der Waals surface area contributed by atoms with E-state index in [9.17, 15) is 14.7 Å². The third-order valence-corrected chi connectivity index (χ3v) is 2.18. The van der Waals surface area contributed by atoms with Crippen LogP contribution in [0.15, 0.2) is 18.2 Å². The normalized spacial score (nSPS) is 10.9. The molecule has 5 heteroatoms. The van der Waals surface area contributed by atoms with E-state index in [2.05, 4.69) is 4.74 Å². The SMILES string of the molecule is COC(=O)c1cc(O)ccc1OC(=O)C(C)(C)C. The van der Waals surface area contributed by atoms with E-state index < -0.39 is 17.4 Å². The zero-order chi connectivity index (χ0) is 13.9. The van der Waals surface area contributed by atoms with Crippen LogP contribution in [0.25, 0.3) is 0 Å². The van der Waals surface area contributed by atoms with Gasteiger partial charge in [-0.1, -0.05) is 0 Å². The summed E-state index contributed by atoms with van der Waals surface area (Å²) in [5, 5.41) is 9.33. The van der Waals surface area contributed by atoms with Gasteiger partial charge in [-0.3, -0.25) is 4.79 Å². The molecule has 0 amide bonds. The maximum Gasteiger partial charge on any atom is 0.341 e. The van der Waals surface area contributed by atoms with Gasteiger partial charge in [0.05, 0.1) is 12.5 Å². The highest BCUT2D eigenvalue weighted by Gasteiger charge is 2.26. The van der Waals surface area contributed by atoms with Crippen molar-refractivity contribution in [1.29, 1.82) is 0 Å². The Balaban J connectivity index is 3.09. The van der Waals surface area contributed by atoms with E-state index in [1.807, 2.05) is 0 Å². The van der Waals surface area contributed by atoms with Gasteiger partial charge in [0.25, 0.3) is 0 Å². The first-order valence-corrected chi connectivity index (χ1v) is 5.39. The number of rotatable bonds is 2. The van der Waals surface area contributed by atoms with Crippen molar-refractivity contribution in [3.05, 3.63) is 23.8 Å². The number of aromatic hydroxyl groups is 1. The first-order valence-electron chi connectivity index (χ1n) is 5.39. The van der Waals surface area contributed by atoms with Crippen LogP contribution in [0.5, 0.6) is 11.5 Å². The van der Waals surface area contributed by atoms with Gasteiger partial charge >= 0.3 is 11.9 Å². The minimum Gasteiger partial charge on any atom is -0.508 e. The van der Waals surface area contributed by atoms with Gasteiger partial charge in [0.15, 0.2) is 0 Å². The third kappa shape index (κ3) is 3.23. The van der Waals surface area contributed by atoms with Gasteiger partial charge in [-0.15, -0.1) is 0 Å². The van der Waals surface area contributed by atoms with Crippen molar-refractivity contribution < 1.29 is 24.2 Å². The van der Waals surface area contributed by atoms with Crippen LogP contribution in [0.2, 0.25) is 0 Å². The molecule has 0 heterocycles. The Bertz CT molecular complexity index is 471. The van der Waals surface area contributed by atoms with Gasteiger partial charge in [-0.25, -0.2) is 4.79 Å². The quantitative estimate of drug-likeness (QED) is 0.644. The predicted octanol–water partition coefficient (Wildman–Crippen LogP) is 2.13. The maximum absolute atomic E-state index is 11.7. The van der Waals surface area contributed by atoms with Crippen LogP contribution in [0, 0.1) is 5.41 Å². The van der Waals surface area contributed by atoms with E-state index in [-0.39, 0.29) is 17.1 Å². The monoisotopic (exact) mass is 252 g/mol. The highest BCUT2D eigenvalue weighted by atomic mass is 16.5. The molecule has 0 saturated carbocycles. The molecule has 0 saturated heterocycles. The summed E-state index contributed by atoms with van der Waals surface area (Å²) in [6, 6.07) is 3.88. The average Bonchev–Trinajstić information content (AvgIpc) is 2.29. The molecule has 0 unspecified atom stereocenters. The second-order valence-electron chi connectivity index (χ2n) is 4.81. The molecule has 1 N–H and O–H groups in total. The van der Waals surface area contributed by atoms with E-state index in [4.69, 9.17) is 4.74 Å². The van der Waals surface area contributed by atoms with Crippen molar-refractivity contribution in [1.82, 2.24) is 0 Å². The summed E-state index contributed by atoms with van der Waals surface area (Å²) in [6.07, 6.45) is 0. The fourth-order valence-corrected chi connectivity index (χ4v) is 1.13. The van der Waals surface area contributed by atoms with E-state index in [0.717, 1.165) is 0 Å². The second-order valence-corrected chi connectivity index (χ2v) is 4.81. The van der Waals surface area contributed by atoms with Gasteiger partial charge < -0.3 is 14.6 Å². The number of hydrogen-bond acceptors (Lipinski definition) is 5. The molecule has 1 aromatic carbocycles. The Morgan fingerprint density at radius 2 is 1.83 bits per heavy atom. The van der Waals surface area contributed by atoms with Gasteiger partial charge in [0.1, 0.15) is 17.1 Å². The van der Waals surface area contributed by atoms with Gasteiger partial charge in [0.2, 0.25) is 0 Å². The molecule has 5 nitrogen and oxygen atoms in total. The van der Waals surface area contributed by atoms with Crippen molar-refractivity contribution in [2.45, 2.75) is 20.8 Å². The molecule has 1 aromatic rings. The van der Waals surface area contributed by atoms with Crippen molar-refractivity contribution in [3.8, 4) is 11.5 Å². The van der Waals surface area contributed by atoms with E-state index in [1.165, 1.54) is 25.3 Å². The number of phenolic OH excluding ortho intramolecular Hbond substituents is 1. The number of hydrogen-bond donors (Lipinski definition) is 1. The van der Waals surface area contributed by atoms with Crippen molar-refractivity contribution in [2.24, 2.45) is 5.41 Å². The Labute approximate surface area is 105 Å². The second kappa shape index (κ2) is 5.08. The van der Waals surface area contributed by atoms with Gasteiger partial charge in [0, 0.05) is 0 Å². The van der Waals surface area contributed by atoms with Crippen LogP contribution < -0.4 is 4.74 Å². The summed E-state index contributed by atoms with van der Waals surface area (Å²) in [7, 11) is 1.21. The molecule has 0 spiro atoms. The molecule has 0 aromatic heterocycles. The fourth-order valence-electron chi connectivity index (χ4n) is 1.13. The number of methoxy groups -OCH3 is 1. The van der Waals surface area contributed by atoms with Crippen molar-refractivity contribution in [2.75, 3.05) is 7.11 Å². The molecule has 0 fully saturated rings. The van der Waals surface area contributed by atoms with Crippen LogP contribution in [0.1, 0.15) is 31.1 Å². The zero-order valence-corrected chi connectivity index (χ0v) is 10.8. The predicted molar refractivity (Wildman–Crippen MR) is 64.5 cm³/mol. The average molecular weight is 252 g/mol. The summed E-state index contributed by atoms with van der Waals surface area (Å²) >= 11 is 0. The topological polar surface area (TPSA) is 72.8 Å². The summed E-state index contributed by atoms with van der Waals surface area (Å²) < 4.78 is 9.69. The lowest BCUT2D eigenvalue weighted by Crippen LogP contribution is -2.26. The number of benzene rings is 1. The number of phenols is 1. The lowest BCUT2D eigenvalue weighted by atomic mass is 9.97. The highest BCUT2D eigenvalue weighted by Crippen LogP contribution is 2.26. The minimum atomic E-state index is -0.689. The fraction of sp³-hybridized carbons (Fsp3) is 0.385. The summed E-state index contributed by atoms with van der Waals surface area (Å²) in [6.45, 7) is 5.11. The van der Waals surface area contributed by atoms with Gasteiger partial charge in [-0.2, -0.15) is 0 Å². The molecular formula is C13H16O5. The number of carbonyl (C=O) groups is 2. The lowest BCUT2D eigenvalue weighted by Gasteiger charge is -2.17. The van der Waals surface area contributed by atoms with E-state index in [1.54, 1.807) is 20.8 Å². The lowest BCUT2D eigenvalue weighted by molar-refractivity contribution is -0.143. The van der Waals surface area contributed by atoms with Crippen molar-refractivity contribution >= 4 is 11.9 Å². The first-order chi connectivity index (χ1) is 8.25. The first kappa shape index (κ1) is 14.0. The number of esters is 2. The third-order valence-electron chi connectivity index (χ3n) is 2.18. The van der Waals surface area contributed by atoms with Crippen LogP contribution in [0.3, 0.4) is 0 Å². The highest BCUT2D eigenvalue weighted by molar-refractivity contribution is 5.94. The van der Waals surface area contributed by atoms with Crippen LogP contribution in [-0.4, -0.2) is 24.2 Å². The van der Waals surface area contributed by atoms with E-state index in [0.29, 0.717) is 0 Å². The molecule has 18 heavy (non-hydrogen) atoms. The van der Waals surface area contributed by atoms with Crippen LogP contribution in [-0.2, 0) is 9.53 Å². The van der Waals surface area contributed by atoms with Crippen LogP contribution in [0.4, 0.5) is 0 Å². The Kier molecular flexibility index (Phi) is 3.96.